The van der Waals surface area contributed by atoms with E-state index in [1.54, 1.807) is 0 Å². The van der Waals surface area contributed by atoms with Gasteiger partial charge in [-0.1, -0.05) is 36.0 Å². The molecule has 1 aliphatic rings. The molecule has 1 aromatic heterocycles. The van der Waals surface area contributed by atoms with E-state index in [-0.39, 0.29) is 11.7 Å². The van der Waals surface area contributed by atoms with Gasteiger partial charge in [0.05, 0.1) is 17.1 Å². The highest BCUT2D eigenvalue weighted by molar-refractivity contribution is 9.10. The molecule has 1 amide bonds. The summed E-state index contributed by atoms with van der Waals surface area (Å²) in [6.07, 6.45) is 2.30. The van der Waals surface area contributed by atoms with E-state index in [1.165, 1.54) is 11.8 Å². The summed E-state index contributed by atoms with van der Waals surface area (Å²) < 4.78 is 2.79. The molecule has 1 aliphatic carbocycles. The average Bonchev–Trinajstić information content (AvgIpc) is 3.42. The van der Waals surface area contributed by atoms with E-state index in [4.69, 9.17) is 0 Å². The Morgan fingerprint density at radius 1 is 1.26 bits per heavy atom. The van der Waals surface area contributed by atoms with Crippen LogP contribution in [-0.4, -0.2) is 26.4 Å². The minimum atomic E-state index is -0.0754. The fourth-order valence-corrected chi connectivity index (χ4v) is 3.99. The van der Waals surface area contributed by atoms with E-state index >= 15 is 0 Å². The molecule has 138 valence electrons. The lowest BCUT2D eigenvalue weighted by atomic mass is 10.2. The number of para-hydroxylation sites is 1. The summed E-state index contributed by atoms with van der Waals surface area (Å²) in [5, 5.41) is 8.19. The summed E-state index contributed by atoms with van der Waals surface area (Å²) in [7, 11) is 0. The van der Waals surface area contributed by atoms with Crippen LogP contribution in [0.4, 0.5) is 5.69 Å². The fourth-order valence-electron chi connectivity index (χ4n) is 2.77. The minimum Gasteiger partial charge on any atom is -0.324 e. The first-order valence-electron chi connectivity index (χ1n) is 8.81. The van der Waals surface area contributed by atoms with Crippen molar-refractivity contribution < 1.29 is 4.79 Å². The van der Waals surface area contributed by atoms with Crippen molar-refractivity contribution in [2.24, 2.45) is 0 Å². The summed E-state index contributed by atoms with van der Waals surface area (Å²) >= 11 is 4.84. The minimum absolute atomic E-state index is 0.0754. The largest absolute Gasteiger partial charge is 0.324 e. The standard InChI is InChI=1S/C20H19BrN4OS/c1-13-7-10-17(16(21)11-13)22-18(26)12-27-20-23-19(14-8-9-14)25(24-20)15-5-3-2-4-6-15/h2-7,10-11,14H,8-9,12H2,1H3,(H,22,26). The first-order valence-corrected chi connectivity index (χ1v) is 10.6. The van der Waals surface area contributed by atoms with E-state index < -0.39 is 0 Å². The quantitative estimate of drug-likeness (QED) is 0.548. The highest BCUT2D eigenvalue weighted by Gasteiger charge is 2.30. The van der Waals surface area contributed by atoms with Gasteiger partial charge in [-0.15, -0.1) is 5.10 Å². The van der Waals surface area contributed by atoms with E-state index in [0.717, 1.165) is 40.1 Å². The molecule has 0 atom stereocenters. The topological polar surface area (TPSA) is 59.8 Å². The third kappa shape index (κ3) is 4.42. The van der Waals surface area contributed by atoms with Gasteiger partial charge >= 0.3 is 0 Å². The first kappa shape index (κ1) is 18.3. The molecule has 27 heavy (non-hydrogen) atoms. The van der Waals surface area contributed by atoms with Crippen LogP contribution in [-0.2, 0) is 4.79 Å². The van der Waals surface area contributed by atoms with E-state index in [9.17, 15) is 4.79 Å². The van der Waals surface area contributed by atoms with Gasteiger partial charge < -0.3 is 5.32 Å². The molecule has 3 aromatic rings. The van der Waals surface area contributed by atoms with Crippen LogP contribution in [0.25, 0.3) is 5.69 Å². The van der Waals surface area contributed by atoms with Crippen LogP contribution < -0.4 is 5.32 Å². The van der Waals surface area contributed by atoms with Crippen LogP contribution in [0.2, 0.25) is 0 Å². The summed E-state index contributed by atoms with van der Waals surface area (Å²) in [5.74, 6) is 1.66. The van der Waals surface area contributed by atoms with Crippen LogP contribution in [0.5, 0.6) is 0 Å². The maximum absolute atomic E-state index is 12.3. The summed E-state index contributed by atoms with van der Waals surface area (Å²) in [5.41, 5.74) is 2.91. The number of aryl methyl sites for hydroxylation is 1. The number of carbonyl (C=O) groups is 1. The molecule has 2 aromatic carbocycles. The van der Waals surface area contributed by atoms with Crippen LogP contribution in [0.15, 0.2) is 58.2 Å². The molecule has 0 radical (unpaired) electrons. The molecule has 0 bridgehead atoms. The molecule has 1 heterocycles. The van der Waals surface area contributed by atoms with Gasteiger partial charge in [0.15, 0.2) is 0 Å². The van der Waals surface area contributed by atoms with Crippen molar-refractivity contribution in [1.82, 2.24) is 14.8 Å². The highest BCUT2D eigenvalue weighted by atomic mass is 79.9. The molecule has 0 aliphatic heterocycles. The first-order chi connectivity index (χ1) is 13.1. The van der Waals surface area contributed by atoms with Gasteiger partial charge in [-0.2, -0.15) is 0 Å². The van der Waals surface area contributed by atoms with E-state index in [2.05, 4.69) is 31.3 Å². The maximum atomic E-state index is 12.3. The molecule has 4 rings (SSSR count). The molecule has 0 unspecified atom stereocenters. The second-order valence-electron chi connectivity index (χ2n) is 6.59. The second-order valence-corrected chi connectivity index (χ2v) is 8.39. The number of halogens is 1. The van der Waals surface area contributed by atoms with Crippen LogP contribution >= 0.6 is 27.7 Å². The van der Waals surface area contributed by atoms with Gasteiger partial charge in [0.2, 0.25) is 11.1 Å². The number of hydrogen-bond acceptors (Lipinski definition) is 4. The smallest absolute Gasteiger partial charge is 0.234 e. The van der Waals surface area contributed by atoms with Crippen molar-refractivity contribution >= 4 is 39.3 Å². The van der Waals surface area contributed by atoms with Gasteiger partial charge in [0.25, 0.3) is 0 Å². The number of carbonyl (C=O) groups excluding carboxylic acids is 1. The van der Waals surface area contributed by atoms with Gasteiger partial charge in [-0.25, -0.2) is 9.67 Å². The number of thioether (sulfide) groups is 1. The molecule has 0 spiro atoms. The van der Waals surface area contributed by atoms with Crippen LogP contribution in [0.3, 0.4) is 0 Å². The van der Waals surface area contributed by atoms with Crippen molar-refractivity contribution in [3.8, 4) is 5.69 Å². The van der Waals surface area contributed by atoms with Crippen molar-refractivity contribution in [3.05, 3.63) is 64.4 Å². The zero-order chi connectivity index (χ0) is 18.8. The van der Waals surface area contributed by atoms with Crippen molar-refractivity contribution in [2.45, 2.75) is 30.8 Å². The van der Waals surface area contributed by atoms with Crippen molar-refractivity contribution in [1.29, 1.82) is 0 Å². The predicted molar refractivity (Wildman–Crippen MR) is 112 cm³/mol. The SMILES string of the molecule is Cc1ccc(NC(=O)CSc2nc(C3CC3)n(-c3ccccc3)n2)c(Br)c1. The Bertz CT molecular complexity index is 969. The molecule has 7 heteroatoms. The molecule has 1 saturated carbocycles. The van der Waals surface area contributed by atoms with E-state index in [0.29, 0.717) is 11.1 Å². The van der Waals surface area contributed by atoms with E-state index in [1.807, 2.05) is 60.1 Å². The normalized spacial score (nSPS) is 13.6. The summed E-state index contributed by atoms with van der Waals surface area (Å²) in [4.78, 5) is 17.0. The lowest BCUT2D eigenvalue weighted by Gasteiger charge is -2.07. The summed E-state index contributed by atoms with van der Waals surface area (Å²) in [6.45, 7) is 2.01. The monoisotopic (exact) mass is 442 g/mol. The summed E-state index contributed by atoms with van der Waals surface area (Å²) in [6, 6.07) is 15.9. The molecule has 1 fully saturated rings. The third-order valence-electron chi connectivity index (χ3n) is 4.29. The number of rotatable bonds is 6. The zero-order valence-corrected chi connectivity index (χ0v) is 17.3. The molecule has 1 N–H and O–H groups in total. The lowest BCUT2D eigenvalue weighted by Crippen LogP contribution is -2.14. The van der Waals surface area contributed by atoms with Gasteiger partial charge in [-0.05, 0) is 65.5 Å². The third-order valence-corrected chi connectivity index (χ3v) is 5.78. The Balaban J connectivity index is 1.44. The number of benzene rings is 2. The van der Waals surface area contributed by atoms with Gasteiger partial charge in [0.1, 0.15) is 5.82 Å². The number of nitrogens with one attached hydrogen (secondary N) is 1. The number of anilines is 1. The fraction of sp³-hybridized carbons (Fsp3) is 0.250. The Hall–Kier alpha value is -2.12. The number of hydrogen-bond donors (Lipinski definition) is 1. The van der Waals surface area contributed by atoms with Crippen molar-refractivity contribution in [3.63, 3.8) is 0 Å². The number of amides is 1. The Morgan fingerprint density at radius 2 is 2.04 bits per heavy atom. The van der Waals surface area contributed by atoms with Gasteiger partial charge in [-0.3, -0.25) is 4.79 Å². The number of nitrogens with zero attached hydrogens (tertiary/aromatic N) is 3. The Morgan fingerprint density at radius 3 is 2.74 bits per heavy atom. The highest BCUT2D eigenvalue weighted by Crippen LogP contribution is 2.40. The molecule has 5 nitrogen and oxygen atoms in total. The lowest BCUT2D eigenvalue weighted by molar-refractivity contribution is -0.113. The van der Waals surface area contributed by atoms with Crippen LogP contribution in [0.1, 0.15) is 30.1 Å². The van der Waals surface area contributed by atoms with Gasteiger partial charge in [0, 0.05) is 10.4 Å². The second kappa shape index (κ2) is 7.86. The maximum Gasteiger partial charge on any atom is 0.234 e. The predicted octanol–water partition coefficient (Wildman–Crippen LogP) is 4.95. The van der Waals surface area contributed by atoms with Crippen LogP contribution in [0, 0.1) is 6.92 Å². The molecular formula is C20H19BrN4OS. The number of aromatic nitrogens is 3. The van der Waals surface area contributed by atoms with Crippen molar-refractivity contribution in [2.75, 3.05) is 11.1 Å². The average molecular weight is 443 g/mol. The molecule has 0 saturated heterocycles. The Labute approximate surface area is 170 Å². The zero-order valence-electron chi connectivity index (χ0n) is 14.9. The Kier molecular flexibility index (Phi) is 5.31. The molecular weight excluding hydrogens is 424 g/mol.